The molecule has 0 aromatic heterocycles. The quantitative estimate of drug-likeness (QED) is 0.732. The summed E-state index contributed by atoms with van der Waals surface area (Å²) in [4.78, 5) is 11.8. The van der Waals surface area contributed by atoms with Gasteiger partial charge in [0.15, 0.2) is 18.1 Å². The summed E-state index contributed by atoms with van der Waals surface area (Å²) in [5, 5.41) is 5.99. The smallest absolute Gasteiger partial charge is 0.258 e. The van der Waals surface area contributed by atoms with E-state index in [1.54, 1.807) is 7.11 Å². The maximum absolute atomic E-state index is 11.8. The molecular weight excluding hydrogens is 268 g/mol. The third-order valence-corrected chi connectivity index (χ3v) is 3.10. The first-order valence-corrected chi connectivity index (χ1v) is 7.34. The summed E-state index contributed by atoms with van der Waals surface area (Å²) < 4.78 is 10.8. The normalized spacial score (nSPS) is 11.8. The van der Waals surface area contributed by atoms with Crippen molar-refractivity contribution in [1.29, 1.82) is 0 Å². The monoisotopic (exact) mass is 294 g/mol. The van der Waals surface area contributed by atoms with Gasteiger partial charge in [0.25, 0.3) is 5.91 Å². The number of benzene rings is 1. The predicted octanol–water partition coefficient (Wildman–Crippen LogP) is 2.10. The summed E-state index contributed by atoms with van der Waals surface area (Å²) in [6.45, 7) is 4.82. The minimum Gasteiger partial charge on any atom is -0.493 e. The van der Waals surface area contributed by atoms with Crippen LogP contribution in [-0.4, -0.2) is 32.7 Å². The Bertz CT molecular complexity index is 449. The molecule has 1 rings (SSSR count). The van der Waals surface area contributed by atoms with Crippen LogP contribution >= 0.6 is 0 Å². The lowest BCUT2D eigenvalue weighted by atomic mass is 10.2. The average molecular weight is 294 g/mol. The Labute approximate surface area is 127 Å². The highest BCUT2D eigenvalue weighted by molar-refractivity contribution is 5.77. The van der Waals surface area contributed by atoms with Gasteiger partial charge in [-0.15, -0.1) is 0 Å². The van der Waals surface area contributed by atoms with Gasteiger partial charge in [0, 0.05) is 12.6 Å². The van der Waals surface area contributed by atoms with E-state index in [1.807, 2.05) is 32.2 Å². The molecule has 21 heavy (non-hydrogen) atoms. The molecule has 0 saturated heterocycles. The molecule has 0 aliphatic carbocycles. The van der Waals surface area contributed by atoms with Crippen LogP contribution in [-0.2, 0) is 11.3 Å². The SMILES string of the molecule is CCCC(C)NC(=O)COc1cc(CNC)ccc1OC. The van der Waals surface area contributed by atoms with Gasteiger partial charge in [0.2, 0.25) is 0 Å². The second-order valence-electron chi connectivity index (χ2n) is 5.06. The molecule has 118 valence electrons. The number of hydrogen-bond acceptors (Lipinski definition) is 4. The molecule has 1 atom stereocenters. The van der Waals surface area contributed by atoms with Crippen molar-refractivity contribution in [2.75, 3.05) is 20.8 Å². The zero-order valence-electron chi connectivity index (χ0n) is 13.4. The van der Waals surface area contributed by atoms with Gasteiger partial charge in [-0.1, -0.05) is 19.4 Å². The van der Waals surface area contributed by atoms with Crippen molar-refractivity contribution in [1.82, 2.24) is 10.6 Å². The van der Waals surface area contributed by atoms with Crippen LogP contribution in [0.1, 0.15) is 32.3 Å². The Morgan fingerprint density at radius 3 is 2.71 bits per heavy atom. The highest BCUT2D eigenvalue weighted by Crippen LogP contribution is 2.27. The van der Waals surface area contributed by atoms with Gasteiger partial charge in [-0.25, -0.2) is 0 Å². The second-order valence-corrected chi connectivity index (χ2v) is 5.06. The van der Waals surface area contributed by atoms with Crippen LogP contribution in [0.4, 0.5) is 0 Å². The summed E-state index contributed by atoms with van der Waals surface area (Å²) in [6, 6.07) is 5.87. The average Bonchev–Trinajstić information content (AvgIpc) is 2.46. The number of methoxy groups -OCH3 is 1. The van der Waals surface area contributed by atoms with Gasteiger partial charge in [-0.05, 0) is 38.1 Å². The summed E-state index contributed by atoms with van der Waals surface area (Å²) in [6.07, 6.45) is 2.01. The molecule has 5 heteroatoms. The Kier molecular flexibility index (Phi) is 7.61. The Morgan fingerprint density at radius 1 is 1.33 bits per heavy atom. The molecule has 1 unspecified atom stereocenters. The fraction of sp³-hybridized carbons (Fsp3) is 0.562. The van der Waals surface area contributed by atoms with Crippen molar-refractivity contribution in [3.8, 4) is 11.5 Å². The molecule has 2 N–H and O–H groups in total. The minimum atomic E-state index is -0.114. The summed E-state index contributed by atoms with van der Waals surface area (Å²) in [5.41, 5.74) is 1.08. The fourth-order valence-electron chi connectivity index (χ4n) is 2.11. The largest absolute Gasteiger partial charge is 0.493 e. The molecule has 5 nitrogen and oxygen atoms in total. The van der Waals surface area contributed by atoms with E-state index >= 15 is 0 Å². The van der Waals surface area contributed by atoms with Crippen molar-refractivity contribution >= 4 is 5.91 Å². The van der Waals surface area contributed by atoms with Crippen molar-refractivity contribution in [3.05, 3.63) is 23.8 Å². The molecule has 1 aromatic rings. The molecular formula is C16H26N2O3. The summed E-state index contributed by atoms with van der Waals surface area (Å²) in [7, 11) is 3.47. The van der Waals surface area contributed by atoms with E-state index in [9.17, 15) is 4.79 Å². The second kappa shape index (κ2) is 9.23. The van der Waals surface area contributed by atoms with Crippen molar-refractivity contribution < 1.29 is 14.3 Å². The lowest BCUT2D eigenvalue weighted by Gasteiger charge is -2.15. The molecule has 1 aromatic carbocycles. The maximum Gasteiger partial charge on any atom is 0.258 e. The van der Waals surface area contributed by atoms with Crippen LogP contribution in [0.25, 0.3) is 0 Å². The molecule has 0 aliphatic heterocycles. The van der Waals surface area contributed by atoms with Crippen LogP contribution < -0.4 is 20.1 Å². The fourth-order valence-corrected chi connectivity index (χ4v) is 2.11. The van der Waals surface area contributed by atoms with E-state index in [0.717, 1.165) is 24.9 Å². The van der Waals surface area contributed by atoms with E-state index in [-0.39, 0.29) is 18.6 Å². The highest BCUT2D eigenvalue weighted by atomic mass is 16.5. The first-order chi connectivity index (χ1) is 10.1. The molecule has 0 heterocycles. The lowest BCUT2D eigenvalue weighted by molar-refractivity contribution is -0.123. The van der Waals surface area contributed by atoms with Crippen molar-refractivity contribution in [2.24, 2.45) is 0 Å². The molecule has 0 radical (unpaired) electrons. The first-order valence-electron chi connectivity index (χ1n) is 7.34. The van der Waals surface area contributed by atoms with Crippen molar-refractivity contribution in [2.45, 2.75) is 39.3 Å². The molecule has 0 bridgehead atoms. The van der Waals surface area contributed by atoms with E-state index in [4.69, 9.17) is 9.47 Å². The molecule has 0 saturated carbocycles. The van der Waals surface area contributed by atoms with Crippen LogP contribution in [0.5, 0.6) is 11.5 Å². The highest BCUT2D eigenvalue weighted by Gasteiger charge is 2.10. The number of rotatable bonds is 9. The molecule has 0 aliphatic rings. The zero-order valence-corrected chi connectivity index (χ0v) is 13.4. The molecule has 0 spiro atoms. The predicted molar refractivity (Wildman–Crippen MR) is 83.8 cm³/mol. The Balaban J connectivity index is 2.60. The summed E-state index contributed by atoms with van der Waals surface area (Å²) >= 11 is 0. The minimum absolute atomic E-state index is 0.00653. The number of carbonyl (C=O) groups is 1. The topological polar surface area (TPSA) is 59.6 Å². The van der Waals surface area contributed by atoms with E-state index in [2.05, 4.69) is 17.6 Å². The number of amides is 1. The van der Waals surface area contributed by atoms with Crippen LogP contribution in [0.15, 0.2) is 18.2 Å². The number of ether oxygens (including phenoxy) is 2. The number of nitrogens with one attached hydrogen (secondary N) is 2. The summed E-state index contributed by atoms with van der Waals surface area (Å²) in [5.74, 6) is 1.10. The Morgan fingerprint density at radius 2 is 2.10 bits per heavy atom. The van der Waals surface area contributed by atoms with E-state index in [1.165, 1.54) is 0 Å². The lowest BCUT2D eigenvalue weighted by Crippen LogP contribution is -2.36. The van der Waals surface area contributed by atoms with Crippen LogP contribution in [0.3, 0.4) is 0 Å². The third-order valence-electron chi connectivity index (χ3n) is 3.10. The van der Waals surface area contributed by atoms with Gasteiger partial charge in [-0.3, -0.25) is 4.79 Å². The van der Waals surface area contributed by atoms with E-state index < -0.39 is 0 Å². The van der Waals surface area contributed by atoms with Gasteiger partial charge in [0.05, 0.1) is 7.11 Å². The van der Waals surface area contributed by atoms with E-state index in [0.29, 0.717) is 11.5 Å². The van der Waals surface area contributed by atoms with Crippen molar-refractivity contribution in [3.63, 3.8) is 0 Å². The Hall–Kier alpha value is -1.75. The number of carbonyl (C=O) groups excluding carboxylic acids is 1. The standard InChI is InChI=1S/C16H26N2O3/c1-5-6-12(2)18-16(19)11-21-15-9-13(10-17-3)7-8-14(15)20-4/h7-9,12,17H,5-6,10-11H2,1-4H3,(H,18,19). The number of hydrogen-bond donors (Lipinski definition) is 2. The van der Waals surface area contributed by atoms with Crippen LogP contribution in [0, 0.1) is 0 Å². The van der Waals surface area contributed by atoms with Gasteiger partial charge >= 0.3 is 0 Å². The molecule has 0 fully saturated rings. The third kappa shape index (κ3) is 6.04. The van der Waals surface area contributed by atoms with Gasteiger partial charge in [0.1, 0.15) is 0 Å². The zero-order chi connectivity index (χ0) is 15.7. The van der Waals surface area contributed by atoms with Gasteiger partial charge < -0.3 is 20.1 Å². The maximum atomic E-state index is 11.8. The molecule has 1 amide bonds. The van der Waals surface area contributed by atoms with Crippen LogP contribution in [0.2, 0.25) is 0 Å². The first kappa shape index (κ1) is 17.3. The van der Waals surface area contributed by atoms with Gasteiger partial charge in [-0.2, -0.15) is 0 Å².